The number of hydrogen-bond donors (Lipinski definition) is 3. The van der Waals surface area contributed by atoms with Gasteiger partial charge in [0.2, 0.25) is 0 Å². The smallest absolute Gasteiger partial charge is 0.0920 e. The predicted molar refractivity (Wildman–Crippen MR) is 62.0 cm³/mol. The van der Waals surface area contributed by atoms with Gasteiger partial charge in [0.15, 0.2) is 0 Å². The van der Waals surface area contributed by atoms with Crippen LogP contribution in [0.25, 0.3) is 0 Å². The maximum atomic E-state index is 9.47. The fourth-order valence-electron chi connectivity index (χ4n) is 2.29. The molecule has 1 saturated heterocycles. The fraction of sp³-hybridized carbons (Fsp3) is 0.909. The molecule has 4 nitrogen and oxygen atoms in total. The number of piperidine rings is 1. The van der Waals surface area contributed by atoms with Gasteiger partial charge in [0.05, 0.1) is 11.9 Å². The number of nitrogens with two attached hydrogens (primary N) is 1. The van der Waals surface area contributed by atoms with E-state index < -0.39 is 0 Å². The summed E-state index contributed by atoms with van der Waals surface area (Å²) in [7, 11) is 0. The summed E-state index contributed by atoms with van der Waals surface area (Å²) >= 11 is 0. The van der Waals surface area contributed by atoms with E-state index in [-0.39, 0.29) is 11.9 Å². The van der Waals surface area contributed by atoms with Gasteiger partial charge < -0.3 is 15.7 Å². The van der Waals surface area contributed by atoms with Crippen LogP contribution in [-0.4, -0.2) is 41.1 Å². The molecule has 0 aromatic carbocycles. The van der Waals surface area contributed by atoms with Gasteiger partial charge in [-0.2, -0.15) is 0 Å². The molecule has 0 radical (unpaired) electrons. The van der Waals surface area contributed by atoms with Gasteiger partial charge in [0.25, 0.3) is 0 Å². The van der Waals surface area contributed by atoms with Crippen LogP contribution in [0.3, 0.4) is 0 Å². The van der Waals surface area contributed by atoms with Crippen LogP contribution in [0.4, 0.5) is 0 Å². The Balaban J connectivity index is 2.33. The van der Waals surface area contributed by atoms with Crippen molar-refractivity contribution >= 4 is 5.84 Å². The molecule has 2 unspecified atom stereocenters. The minimum atomic E-state index is -0.185. The first kappa shape index (κ1) is 12.5. The average molecular weight is 213 g/mol. The predicted octanol–water partition coefficient (Wildman–Crippen LogP) is 0.794. The van der Waals surface area contributed by atoms with Crippen LogP contribution in [-0.2, 0) is 0 Å². The first-order chi connectivity index (χ1) is 7.00. The van der Waals surface area contributed by atoms with E-state index in [4.69, 9.17) is 11.1 Å². The summed E-state index contributed by atoms with van der Waals surface area (Å²) in [5, 5.41) is 16.7. The Morgan fingerprint density at radius 2 is 2.00 bits per heavy atom. The Kier molecular flexibility index (Phi) is 4.54. The van der Waals surface area contributed by atoms with E-state index in [1.807, 2.05) is 6.92 Å². The normalized spacial score (nSPS) is 23.7. The largest absolute Gasteiger partial charge is 0.393 e. The van der Waals surface area contributed by atoms with Crippen LogP contribution in [0.2, 0.25) is 0 Å². The summed E-state index contributed by atoms with van der Waals surface area (Å²) < 4.78 is 0. The molecule has 88 valence electrons. The number of likely N-dealkylation sites (tertiary alicyclic amines) is 1. The minimum Gasteiger partial charge on any atom is -0.393 e. The zero-order valence-electron chi connectivity index (χ0n) is 9.74. The van der Waals surface area contributed by atoms with E-state index in [1.165, 1.54) is 0 Å². The lowest BCUT2D eigenvalue weighted by Gasteiger charge is -2.36. The van der Waals surface area contributed by atoms with Crippen molar-refractivity contribution in [3.8, 4) is 0 Å². The molecule has 1 aliphatic heterocycles. The second-order valence-corrected chi connectivity index (χ2v) is 4.69. The van der Waals surface area contributed by atoms with E-state index in [0.29, 0.717) is 18.4 Å². The molecule has 0 aliphatic carbocycles. The number of aliphatic hydroxyl groups is 1. The highest BCUT2D eigenvalue weighted by Crippen LogP contribution is 2.22. The lowest BCUT2D eigenvalue weighted by atomic mass is 9.91. The second kappa shape index (κ2) is 5.47. The molecule has 0 aromatic rings. The first-order valence-electron chi connectivity index (χ1n) is 5.75. The summed E-state index contributed by atoms with van der Waals surface area (Å²) in [5.74, 6) is 0.714. The highest BCUT2D eigenvalue weighted by molar-refractivity contribution is 5.77. The molecule has 0 saturated carbocycles. The number of amidine groups is 1. The van der Waals surface area contributed by atoms with Crippen molar-refractivity contribution in [2.24, 2.45) is 11.7 Å². The molecule has 1 heterocycles. The van der Waals surface area contributed by atoms with Crippen molar-refractivity contribution in [2.75, 3.05) is 13.1 Å². The first-order valence-corrected chi connectivity index (χ1v) is 5.75. The van der Waals surface area contributed by atoms with Crippen molar-refractivity contribution in [3.05, 3.63) is 0 Å². The van der Waals surface area contributed by atoms with Crippen molar-refractivity contribution < 1.29 is 5.11 Å². The number of aliphatic hydroxyl groups excluding tert-OH is 1. The van der Waals surface area contributed by atoms with E-state index in [2.05, 4.69) is 11.8 Å². The summed E-state index contributed by atoms with van der Waals surface area (Å²) in [6, 6.07) is 0.359. The number of hydrogen-bond acceptors (Lipinski definition) is 3. The zero-order valence-corrected chi connectivity index (χ0v) is 9.74. The Labute approximate surface area is 92.0 Å². The maximum Gasteiger partial charge on any atom is 0.0920 e. The quantitative estimate of drug-likeness (QED) is 0.477. The third-order valence-corrected chi connectivity index (χ3v) is 3.40. The van der Waals surface area contributed by atoms with Gasteiger partial charge in [-0.05, 0) is 45.7 Å². The van der Waals surface area contributed by atoms with Gasteiger partial charge >= 0.3 is 0 Å². The highest BCUT2D eigenvalue weighted by atomic mass is 16.3. The summed E-state index contributed by atoms with van der Waals surface area (Å²) in [6.45, 7) is 6.03. The Hall–Kier alpha value is -0.610. The number of nitrogens with zero attached hydrogens (tertiary/aromatic N) is 1. The number of nitrogens with one attached hydrogen (secondary N) is 1. The van der Waals surface area contributed by atoms with Crippen LogP contribution in [0, 0.1) is 11.3 Å². The van der Waals surface area contributed by atoms with Gasteiger partial charge in [-0.25, -0.2) is 0 Å². The second-order valence-electron chi connectivity index (χ2n) is 4.69. The van der Waals surface area contributed by atoms with Gasteiger partial charge in [0, 0.05) is 12.5 Å². The van der Waals surface area contributed by atoms with Crippen molar-refractivity contribution in [2.45, 2.75) is 45.3 Å². The maximum absolute atomic E-state index is 9.47. The zero-order chi connectivity index (χ0) is 11.4. The standard InChI is InChI=1S/C11H23N3O/c1-8(7-11(12)13)14-5-3-10(4-6-14)9(2)15/h8-10,15H,3-7H2,1-2H3,(H3,12,13). The lowest BCUT2D eigenvalue weighted by molar-refractivity contribution is 0.0598. The molecule has 1 rings (SSSR count). The van der Waals surface area contributed by atoms with Crippen LogP contribution in [0.15, 0.2) is 0 Å². The Morgan fingerprint density at radius 3 is 2.40 bits per heavy atom. The minimum absolute atomic E-state index is 0.185. The summed E-state index contributed by atoms with van der Waals surface area (Å²) in [4.78, 5) is 2.36. The molecule has 0 amide bonds. The number of rotatable bonds is 4. The average Bonchev–Trinajstić information content (AvgIpc) is 2.17. The van der Waals surface area contributed by atoms with E-state index in [9.17, 15) is 5.11 Å². The molecular formula is C11H23N3O. The molecule has 4 heteroatoms. The van der Waals surface area contributed by atoms with Crippen LogP contribution < -0.4 is 5.73 Å². The Bertz CT molecular complexity index is 210. The summed E-state index contributed by atoms with van der Waals surface area (Å²) in [6.07, 6.45) is 2.58. The van der Waals surface area contributed by atoms with E-state index >= 15 is 0 Å². The topological polar surface area (TPSA) is 73.3 Å². The lowest BCUT2D eigenvalue weighted by Crippen LogP contribution is -2.43. The van der Waals surface area contributed by atoms with Crippen molar-refractivity contribution in [1.29, 1.82) is 5.41 Å². The molecular weight excluding hydrogens is 190 g/mol. The van der Waals surface area contributed by atoms with Gasteiger partial charge in [0.1, 0.15) is 0 Å². The molecule has 0 aromatic heterocycles. The van der Waals surface area contributed by atoms with E-state index in [1.54, 1.807) is 0 Å². The van der Waals surface area contributed by atoms with Gasteiger partial charge in [-0.1, -0.05) is 0 Å². The Morgan fingerprint density at radius 1 is 1.47 bits per heavy atom. The molecule has 0 bridgehead atoms. The molecule has 1 aliphatic rings. The van der Waals surface area contributed by atoms with Crippen molar-refractivity contribution in [3.63, 3.8) is 0 Å². The molecule has 1 fully saturated rings. The summed E-state index contributed by atoms with van der Waals surface area (Å²) in [5.41, 5.74) is 5.39. The van der Waals surface area contributed by atoms with E-state index in [0.717, 1.165) is 25.9 Å². The molecule has 4 N–H and O–H groups in total. The fourth-order valence-corrected chi connectivity index (χ4v) is 2.29. The molecule has 15 heavy (non-hydrogen) atoms. The van der Waals surface area contributed by atoms with Crippen molar-refractivity contribution in [1.82, 2.24) is 4.90 Å². The third-order valence-electron chi connectivity index (χ3n) is 3.40. The van der Waals surface area contributed by atoms with Crippen LogP contribution in [0.1, 0.15) is 33.1 Å². The molecule has 2 atom stereocenters. The van der Waals surface area contributed by atoms with Crippen LogP contribution >= 0.6 is 0 Å². The van der Waals surface area contributed by atoms with Crippen LogP contribution in [0.5, 0.6) is 0 Å². The molecule has 0 spiro atoms. The highest BCUT2D eigenvalue weighted by Gasteiger charge is 2.25. The monoisotopic (exact) mass is 213 g/mol. The third kappa shape index (κ3) is 3.80. The van der Waals surface area contributed by atoms with Gasteiger partial charge in [-0.15, -0.1) is 0 Å². The van der Waals surface area contributed by atoms with Gasteiger partial charge in [-0.3, -0.25) is 5.41 Å². The SMILES string of the molecule is CC(O)C1CCN(C(C)CC(=N)N)CC1.